The Morgan fingerprint density at radius 2 is 1.79 bits per heavy atom. The average Bonchev–Trinajstić information content (AvgIpc) is 2.40. The van der Waals surface area contributed by atoms with Crippen LogP contribution in [0.3, 0.4) is 0 Å². The smallest absolute Gasteiger partial charge is 0.356 e. The molecule has 0 radical (unpaired) electrons. The first-order chi connectivity index (χ1) is 9.06. The first kappa shape index (κ1) is 12.7. The summed E-state index contributed by atoms with van der Waals surface area (Å²) < 4.78 is 0. The van der Waals surface area contributed by atoms with Crippen LogP contribution in [0.25, 0.3) is 0 Å². The number of Topliss-reactive ketones (excluding diaryl/α,β-unsaturated/α-hetero) is 1. The number of anilines is 2. The van der Waals surface area contributed by atoms with E-state index in [-0.39, 0.29) is 11.5 Å². The quantitative estimate of drug-likeness (QED) is 0.815. The summed E-state index contributed by atoms with van der Waals surface area (Å²) in [5.41, 5.74) is 1.25. The summed E-state index contributed by atoms with van der Waals surface area (Å²) in [7, 11) is 0. The summed E-state index contributed by atoms with van der Waals surface area (Å²) in [4.78, 5) is 29.4. The Kier molecular flexibility index (Phi) is 3.51. The second-order valence-electron chi connectivity index (χ2n) is 3.85. The molecule has 0 saturated heterocycles. The van der Waals surface area contributed by atoms with Gasteiger partial charge in [0.25, 0.3) is 0 Å². The lowest BCUT2D eigenvalue weighted by Gasteiger charge is -2.05. The van der Waals surface area contributed by atoms with Crippen LogP contribution in [0, 0.1) is 0 Å². The van der Waals surface area contributed by atoms with Gasteiger partial charge in [-0.2, -0.15) is 0 Å². The number of nitrogens with one attached hydrogen (secondary N) is 1. The van der Waals surface area contributed by atoms with Crippen molar-refractivity contribution in [3.63, 3.8) is 0 Å². The van der Waals surface area contributed by atoms with Crippen LogP contribution >= 0.6 is 0 Å². The highest BCUT2D eigenvalue weighted by Gasteiger charge is 2.05. The maximum atomic E-state index is 11.1. The molecule has 2 rings (SSSR count). The van der Waals surface area contributed by atoms with Crippen LogP contribution in [0.15, 0.2) is 36.7 Å². The molecule has 0 saturated carbocycles. The first-order valence-corrected chi connectivity index (χ1v) is 5.49. The van der Waals surface area contributed by atoms with Gasteiger partial charge >= 0.3 is 5.97 Å². The Balaban J connectivity index is 2.12. The number of carboxylic acid groups (broad SMARTS) is 1. The van der Waals surface area contributed by atoms with E-state index in [1.54, 1.807) is 24.3 Å². The summed E-state index contributed by atoms with van der Waals surface area (Å²) in [6, 6.07) is 6.88. The fourth-order valence-electron chi connectivity index (χ4n) is 1.44. The normalized spacial score (nSPS) is 9.95. The van der Waals surface area contributed by atoms with Crippen molar-refractivity contribution in [1.82, 2.24) is 9.97 Å². The van der Waals surface area contributed by atoms with Gasteiger partial charge in [-0.05, 0) is 31.2 Å². The van der Waals surface area contributed by atoms with Gasteiger partial charge in [0.1, 0.15) is 5.82 Å². The van der Waals surface area contributed by atoms with Crippen LogP contribution in [0.4, 0.5) is 11.5 Å². The van der Waals surface area contributed by atoms with Gasteiger partial charge in [-0.3, -0.25) is 4.79 Å². The number of carbonyl (C=O) groups is 2. The van der Waals surface area contributed by atoms with Gasteiger partial charge in [0, 0.05) is 11.3 Å². The SMILES string of the molecule is CC(=O)c1ccc(Nc2cnc(C(=O)O)cn2)cc1. The molecule has 19 heavy (non-hydrogen) atoms. The Morgan fingerprint density at radius 1 is 1.11 bits per heavy atom. The Bertz CT molecular complexity index is 551. The largest absolute Gasteiger partial charge is 0.476 e. The summed E-state index contributed by atoms with van der Waals surface area (Å²) in [6.45, 7) is 1.50. The molecule has 0 bridgehead atoms. The predicted octanol–water partition coefficient (Wildman–Crippen LogP) is 2.12. The van der Waals surface area contributed by atoms with Crippen LogP contribution in [0.2, 0.25) is 0 Å². The molecule has 1 aromatic carbocycles. The van der Waals surface area contributed by atoms with E-state index >= 15 is 0 Å². The lowest BCUT2D eigenvalue weighted by molar-refractivity contribution is 0.0690. The predicted molar refractivity (Wildman–Crippen MR) is 68.7 cm³/mol. The third-order valence-corrected chi connectivity index (χ3v) is 2.43. The summed E-state index contributed by atoms with van der Waals surface area (Å²) in [5, 5.41) is 11.7. The van der Waals surface area contributed by atoms with Crippen molar-refractivity contribution >= 4 is 23.3 Å². The van der Waals surface area contributed by atoms with Crippen molar-refractivity contribution in [2.75, 3.05) is 5.32 Å². The average molecular weight is 257 g/mol. The van der Waals surface area contributed by atoms with Gasteiger partial charge in [-0.15, -0.1) is 0 Å². The number of nitrogens with zero attached hydrogens (tertiary/aromatic N) is 2. The summed E-state index contributed by atoms with van der Waals surface area (Å²) in [6.07, 6.45) is 2.51. The third kappa shape index (κ3) is 3.12. The van der Waals surface area contributed by atoms with Crippen LogP contribution in [-0.2, 0) is 0 Å². The number of benzene rings is 1. The van der Waals surface area contributed by atoms with Crippen LogP contribution in [-0.4, -0.2) is 26.8 Å². The summed E-state index contributed by atoms with van der Waals surface area (Å²) >= 11 is 0. The number of carboxylic acids is 1. The van der Waals surface area contributed by atoms with Crippen molar-refractivity contribution in [3.8, 4) is 0 Å². The second-order valence-corrected chi connectivity index (χ2v) is 3.85. The van der Waals surface area contributed by atoms with Crippen LogP contribution in [0.1, 0.15) is 27.8 Å². The Labute approximate surface area is 109 Å². The molecule has 0 aliphatic rings. The molecule has 1 aromatic heterocycles. The number of hydrogen-bond donors (Lipinski definition) is 2. The zero-order valence-electron chi connectivity index (χ0n) is 10.1. The second kappa shape index (κ2) is 5.26. The minimum absolute atomic E-state index is 0.00264. The maximum absolute atomic E-state index is 11.1. The lowest BCUT2D eigenvalue weighted by Crippen LogP contribution is -2.02. The molecule has 0 atom stereocenters. The van der Waals surface area contributed by atoms with Crippen molar-refractivity contribution in [3.05, 3.63) is 47.9 Å². The van der Waals surface area contributed by atoms with E-state index in [0.717, 1.165) is 5.69 Å². The van der Waals surface area contributed by atoms with Crippen molar-refractivity contribution < 1.29 is 14.7 Å². The van der Waals surface area contributed by atoms with E-state index in [0.29, 0.717) is 11.4 Å². The maximum Gasteiger partial charge on any atom is 0.356 e. The van der Waals surface area contributed by atoms with E-state index in [9.17, 15) is 9.59 Å². The topological polar surface area (TPSA) is 92.2 Å². The number of rotatable bonds is 4. The molecule has 0 aliphatic carbocycles. The van der Waals surface area contributed by atoms with Crippen molar-refractivity contribution in [2.24, 2.45) is 0 Å². The number of hydrogen-bond acceptors (Lipinski definition) is 5. The highest BCUT2D eigenvalue weighted by molar-refractivity contribution is 5.94. The van der Waals surface area contributed by atoms with Crippen LogP contribution < -0.4 is 5.32 Å². The Hall–Kier alpha value is -2.76. The zero-order valence-corrected chi connectivity index (χ0v) is 10.1. The van der Waals surface area contributed by atoms with Gasteiger partial charge in [0.15, 0.2) is 11.5 Å². The molecule has 0 amide bonds. The minimum atomic E-state index is -1.12. The fourth-order valence-corrected chi connectivity index (χ4v) is 1.44. The molecule has 0 spiro atoms. The van der Waals surface area contributed by atoms with Gasteiger partial charge < -0.3 is 10.4 Å². The lowest BCUT2D eigenvalue weighted by atomic mass is 10.1. The highest BCUT2D eigenvalue weighted by atomic mass is 16.4. The standard InChI is InChI=1S/C13H11N3O3/c1-8(17)9-2-4-10(5-3-9)16-12-7-14-11(6-15-12)13(18)19/h2-7H,1H3,(H,15,16)(H,18,19). The van der Waals surface area contributed by atoms with E-state index in [1.807, 2.05) is 0 Å². The molecule has 0 fully saturated rings. The van der Waals surface area contributed by atoms with Crippen molar-refractivity contribution in [2.45, 2.75) is 6.92 Å². The molecule has 2 aromatic rings. The molecule has 0 aliphatic heterocycles. The van der Waals surface area contributed by atoms with Crippen LogP contribution in [0.5, 0.6) is 0 Å². The molecule has 6 heteroatoms. The van der Waals surface area contributed by atoms with Gasteiger partial charge in [-0.1, -0.05) is 0 Å². The Morgan fingerprint density at radius 3 is 2.26 bits per heavy atom. The van der Waals surface area contributed by atoms with Gasteiger partial charge in [-0.25, -0.2) is 14.8 Å². The first-order valence-electron chi connectivity index (χ1n) is 5.49. The molecule has 96 valence electrons. The number of aromatic nitrogens is 2. The molecule has 1 heterocycles. The van der Waals surface area contributed by atoms with E-state index in [4.69, 9.17) is 5.11 Å². The molecule has 2 N–H and O–H groups in total. The molecule has 6 nitrogen and oxygen atoms in total. The summed E-state index contributed by atoms with van der Waals surface area (Å²) in [5.74, 6) is -0.692. The highest BCUT2D eigenvalue weighted by Crippen LogP contribution is 2.14. The fraction of sp³-hybridized carbons (Fsp3) is 0.0769. The van der Waals surface area contributed by atoms with Gasteiger partial charge in [0.05, 0.1) is 12.4 Å². The van der Waals surface area contributed by atoms with Crippen molar-refractivity contribution in [1.29, 1.82) is 0 Å². The van der Waals surface area contributed by atoms with E-state index in [1.165, 1.54) is 19.3 Å². The molecule has 0 unspecified atom stereocenters. The number of carbonyl (C=O) groups excluding carboxylic acids is 1. The van der Waals surface area contributed by atoms with E-state index in [2.05, 4.69) is 15.3 Å². The molecular weight excluding hydrogens is 246 g/mol. The molecular formula is C13H11N3O3. The minimum Gasteiger partial charge on any atom is -0.476 e. The number of ketones is 1. The monoisotopic (exact) mass is 257 g/mol. The zero-order chi connectivity index (χ0) is 13.8. The third-order valence-electron chi connectivity index (χ3n) is 2.43. The van der Waals surface area contributed by atoms with E-state index < -0.39 is 5.97 Å². The van der Waals surface area contributed by atoms with Gasteiger partial charge in [0.2, 0.25) is 0 Å². The number of aromatic carboxylic acids is 1.